The molecule has 8 heteroatoms. The van der Waals surface area contributed by atoms with Gasteiger partial charge in [0, 0.05) is 23.2 Å². The maximum Gasteiger partial charge on any atom is 0.240 e. The Kier molecular flexibility index (Phi) is 6.90. The van der Waals surface area contributed by atoms with E-state index in [4.69, 9.17) is 10.5 Å². The topological polar surface area (TPSA) is 84.7 Å². The van der Waals surface area contributed by atoms with Crippen LogP contribution in [-0.4, -0.2) is 53.7 Å². The summed E-state index contributed by atoms with van der Waals surface area (Å²) in [6.45, 7) is 1.95. The highest BCUT2D eigenvalue weighted by Gasteiger charge is 2.14. The number of hydrogen-bond acceptors (Lipinski definition) is 5. The number of likely N-dealkylation sites (N-methyl/N-ethyl adjacent to an activating group) is 1. The lowest BCUT2D eigenvalue weighted by Gasteiger charge is -2.11. The van der Waals surface area contributed by atoms with Crippen LogP contribution in [0.1, 0.15) is 0 Å². The monoisotopic (exact) mass is 365 g/mol. The van der Waals surface area contributed by atoms with Crippen LogP contribution < -0.4 is 10.5 Å². The number of nitrogens with one attached hydrogen (secondary N) is 1. The third-order valence-electron chi connectivity index (χ3n) is 2.50. The van der Waals surface area contributed by atoms with Gasteiger partial charge in [0.2, 0.25) is 10.0 Å². The molecule has 0 saturated carbocycles. The Balaban J connectivity index is 2.43. The normalized spacial score (nSPS) is 12.0. The smallest absolute Gasteiger partial charge is 0.240 e. The Morgan fingerprint density at radius 2 is 2.05 bits per heavy atom. The van der Waals surface area contributed by atoms with Gasteiger partial charge in [-0.05, 0) is 48.2 Å². The van der Waals surface area contributed by atoms with Crippen LogP contribution in [0.3, 0.4) is 0 Å². The molecule has 114 valence electrons. The summed E-state index contributed by atoms with van der Waals surface area (Å²) in [5.41, 5.74) is 6.12. The van der Waals surface area contributed by atoms with Crippen LogP contribution in [0.15, 0.2) is 27.6 Å². The number of nitrogens with zero attached hydrogens (tertiary/aromatic N) is 1. The van der Waals surface area contributed by atoms with Crippen molar-refractivity contribution in [1.29, 1.82) is 0 Å². The summed E-state index contributed by atoms with van der Waals surface area (Å²) in [5, 5.41) is 0. The van der Waals surface area contributed by atoms with Gasteiger partial charge in [-0.2, -0.15) is 0 Å². The molecule has 1 rings (SSSR count). The lowest BCUT2D eigenvalue weighted by molar-refractivity contribution is 0.122. The van der Waals surface area contributed by atoms with Crippen LogP contribution in [0.2, 0.25) is 0 Å². The summed E-state index contributed by atoms with van der Waals surface area (Å²) < 4.78 is 32.4. The van der Waals surface area contributed by atoms with Gasteiger partial charge in [-0.15, -0.1) is 0 Å². The molecule has 0 atom stereocenters. The average molecular weight is 366 g/mol. The van der Waals surface area contributed by atoms with E-state index in [1.165, 1.54) is 12.1 Å². The minimum atomic E-state index is -3.53. The van der Waals surface area contributed by atoms with E-state index in [1.807, 2.05) is 19.0 Å². The number of hydrogen-bond donors (Lipinski definition) is 2. The number of ether oxygens (including phenoxy) is 1. The van der Waals surface area contributed by atoms with E-state index in [-0.39, 0.29) is 11.4 Å². The number of sulfonamides is 1. The molecule has 0 heterocycles. The van der Waals surface area contributed by atoms with Crippen LogP contribution in [-0.2, 0) is 14.8 Å². The van der Waals surface area contributed by atoms with Crippen molar-refractivity contribution in [2.24, 2.45) is 0 Å². The van der Waals surface area contributed by atoms with E-state index < -0.39 is 10.0 Å². The van der Waals surface area contributed by atoms with Crippen molar-refractivity contribution in [3.05, 3.63) is 22.7 Å². The van der Waals surface area contributed by atoms with Gasteiger partial charge in [0.1, 0.15) is 0 Å². The molecule has 0 saturated heterocycles. The maximum absolute atomic E-state index is 12.0. The maximum atomic E-state index is 12.0. The van der Waals surface area contributed by atoms with Crippen molar-refractivity contribution in [3.8, 4) is 0 Å². The predicted octanol–water partition coefficient (Wildman–Crippen LogP) is 0.888. The number of benzene rings is 1. The van der Waals surface area contributed by atoms with Crippen molar-refractivity contribution >= 4 is 31.6 Å². The second-order valence-corrected chi connectivity index (χ2v) is 7.12. The van der Waals surface area contributed by atoms with E-state index >= 15 is 0 Å². The number of nitrogen functional groups attached to an aromatic ring is 1. The fourth-order valence-corrected chi connectivity index (χ4v) is 2.92. The van der Waals surface area contributed by atoms with Gasteiger partial charge < -0.3 is 15.4 Å². The zero-order valence-electron chi connectivity index (χ0n) is 11.6. The van der Waals surface area contributed by atoms with Crippen LogP contribution >= 0.6 is 15.9 Å². The molecule has 20 heavy (non-hydrogen) atoms. The fraction of sp³-hybridized carbons (Fsp3) is 0.500. The van der Waals surface area contributed by atoms with Gasteiger partial charge in [0.05, 0.1) is 18.1 Å². The number of rotatable bonds is 8. The third-order valence-corrected chi connectivity index (χ3v) is 4.65. The standard InChI is InChI=1S/C12H20BrN3O3S/c1-16(2)6-8-19-7-5-15-20(17,18)10-3-4-12(14)11(13)9-10/h3-4,9,15H,5-8,14H2,1-2H3. The Morgan fingerprint density at radius 1 is 1.35 bits per heavy atom. The summed E-state index contributed by atoms with van der Waals surface area (Å²) in [4.78, 5) is 2.17. The van der Waals surface area contributed by atoms with E-state index in [9.17, 15) is 8.42 Å². The van der Waals surface area contributed by atoms with Gasteiger partial charge in [0.15, 0.2) is 0 Å². The first-order valence-electron chi connectivity index (χ1n) is 6.10. The van der Waals surface area contributed by atoms with Gasteiger partial charge in [0.25, 0.3) is 0 Å². The molecule has 0 radical (unpaired) electrons. The quantitative estimate of drug-likeness (QED) is 0.527. The summed E-state index contributed by atoms with van der Waals surface area (Å²) in [7, 11) is 0.370. The van der Waals surface area contributed by atoms with Gasteiger partial charge in [-0.1, -0.05) is 0 Å². The Hall–Kier alpha value is -0.670. The number of halogens is 1. The summed E-state index contributed by atoms with van der Waals surface area (Å²) in [6.07, 6.45) is 0. The zero-order valence-corrected chi connectivity index (χ0v) is 14.0. The molecular weight excluding hydrogens is 346 g/mol. The molecule has 0 fully saturated rings. The average Bonchev–Trinajstić information content (AvgIpc) is 2.36. The first-order chi connectivity index (χ1) is 9.33. The van der Waals surface area contributed by atoms with Crippen molar-refractivity contribution in [3.63, 3.8) is 0 Å². The van der Waals surface area contributed by atoms with Gasteiger partial charge in [-0.25, -0.2) is 13.1 Å². The van der Waals surface area contributed by atoms with Crippen molar-refractivity contribution in [2.45, 2.75) is 4.90 Å². The van der Waals surface area contributed by atoms with Gasteiger partial charge >= 0.3 is 0 Å². The lowest BCUT2D eigenvalue weighted by atomic mass is 10.3. The van der Waals surface area contributed by atoms with E-state index in [1.54, 1.807) is 6.07 Å². The largest absolute Gasteiger partial charge is 0.398 e. The van der Waals surface area contributed by atoms with Crippen molar-refractivity contribution in [2.75, 3.05) is 46.1 Å². The van der Waals surface area contributed by atoms with E-state index in [2.05, 4.69) is 20.7 Å². The van der Waals surface area contributed by atoms with Crippen molar-refractivity contribution in [1.82, 2.24) is 9.62 Å². The molecule has 0 unspecified atom stereocenters. The van der Waals surface area contributed by atoms with Crippen molar-refractivity contribution < 1.29 is 13.2 Å². The molecule has 0 spiro atoms. The molecule has 1 aromatic carbocycles. The lowest BCUT2D eigenvalue weighted by Crippen LogP contribution is -2.28. The summed E-state index contributed by atoms with van der Waals surface area (Å²) in [5.74, 6) is 0. The highest BCUT2D eigenvalue weighted by atomic mass is 79.9. The second kappa shape index (κ2) is 7.94. The second-order valence-electron chi connectivity index (χ2n) is 4.50. The summed E-state index contributed by atoms with van der Waals surface area (Å²) >= 11 is 3.21. The first kappa shape index (κ1) is 17.4. The molecule has 0 aromatic heterocycles. The molecule has 0 aliphatic rings. The summed E-state index contributed by atoms with van der Waals surface area (Å²) in [6, 6.07) is 4.49. The molecule has 0 amide bonds. The zero-order chi connectivity index (χ0) is 15.2. The van der Waals surface area contributed by atoms with E-state index in [0.717, 1.165) is 6.54 Å². The molecule has 0 bridgehead atoms. The van der Waals surface area contributed by atoms with E-state index in [0.29, 0.717) is 23.4 Å². The first-order valence-corrected chi connectivity index (χ1v) is 8.37. The minimum absolute atomic E-state index is 0.173. The molecule has 0 aliphatic carbocycles. The highest BCUT2D eigenvalue weighted by molar-refractivity contribution is 9.10. The third kappa shape index (κ3) is 5.76. The Bertz CT molecular complexity index is 535. The molecule has 1 aromatic rings. The number of anilines is 1. The SMILES string of the molecule is CN(C)CCOCCNS(=O)(=O)c1ccc(N)c(Br)c1. The highest BCUT2D eigenvalue weighted by Crippen LogP contribution is 2.22. The Morgan fingerprint density at radius 3 is 2.65 bits per heavy atom. The number of nitrogens with two attached hydrogens (primary N) is 1. The predicted molar refractivity (Wildman–Crippen MR) is 83.1 cm³/mol. The van der Waals surface area contributed by atoms with Crippen LogP contribution in [0.4, 0.5) is 5.69 Å². The Labute approximate surface area is 128 Å². The molecular formula is C12H20BrN3O3S. The van der Waals surface area contributed by atoms with Crippen LogP contribution in [0.5, 0.6) is 0 Å². The fourth-order valence-electron chi connectivity index (χ4n) is 1.36. The molecule has 6 nitrogen and oxygen atoms in total. The van der Waals surface area contributed by atoms with Crippen LogP contribution in [0.25, 0.3) is 0 Å². The molecule has 0 aliphatic heterocycles. The van der Waals surface area contributed by atoms with Crippen LogP contribution in [0, 0.1) is 0 Å². The van der Waals surface area contributed by atoms with Gasteiger partial charge in [-0.3, -0.25) is 0 Å². The minimum Gasteiger partial charge on any atom is -0.398 e. The molecule has 3 N–H and O–H groups in total.